The fraction of sp³-hybridized carbons (Fsp3) is 0.316. The summed E-state index contributed by atoms with van der Waals surface area (Å²) in [5.74, 6) is 0.609. The number of carbonyl (C=O) groups is 1. The smallest absolute Gasteiger partial charge is 0.276 e. The highest BCUT2D eigenvalue weighted by Gasteiger charge is 2.44. The topological polar surface area (TPSA) is 89.7 Å². The minimum atomic E-state index is -3.70. The zero-order valence-electron chi connectivity index (χ0n) is 14.2. The highest BCUT2D eigenvalue weighted by molar-refractivity contribution is 7.86. The first-order chi connectivity index (χ1) is 12.4. The molecule has 1 fully saturated rings. The summed E-state index contributed by atoms with van der Waals surface area (Å²) < 4.78 is 30.4. The third kappa shape index (κ3) is 3.13. The fourth-order valence-electron chi connectivity index (χ4n) is 3.73. The Hall–Kier alpha value is -2.22. The first-order valence-corrected chi connectivity index (χ1v) is 10.1. The fourth-order valence-corrected chi connectivity index (χ4v) is 4.42. The van der Waals surface area contributed by atoms with E-state index in [0.717, 1.165) is 11.1 Å². The molecule has 0 unspecified atom stereocenters. The molecule has 26 heavy (non-hydrogen) atoms. The summed E-state index contributed by atoms with van der Waals surface area (Å²) in [6.45, 7) is 0.535. The molecule has 4 rings (SSSR count). The van der Waals surface area contributed by atoms with Gasteiger partial charge in [-0.2, -0.15) is 12.7 Å². The van der Waals surface area contributed by atoms with Crippen LogP contribution in [0.25, 0.3) is 11.1 Å². The van der Waals surface area contributed by atoms with Gasteiger partial charge in [0.25, 0.3) is 10.2 Å². The van der Waals surface area contributed by atoms with Crippen LogP contribution < -0.4 is 9.88 Å². The van der Waals surface area contributed by atoms with Crippen LogP contribution in [0.2, 0.25) is 0 Å². The summed E-state index contributed by atoms with van der Waals surface area (Å²) in [5.41, 5.74) is 1.97. The standard InChI is InChI=1S/C19H20N2O4S/c20-26(23,24)21-10-8-19(9-11-21)13-17(22)16-12-15(6-7-18(16)25-19)14-4-2-1-3-5-14/h1-7,12H,8-11,13H2,(H2,20,23,24). The predicted octanol–water partition coefficient (Wildman–Crippen LogP) is 2.36. The molecule has 0 bridgehead atoms. The van der Waals surface area contributed by atoms with Crippen molar-refractivity contribution < 1.29 is 17.9 Å². The molecule has 0 radical (unpaired) electrons. The van der Waals surface area contributed by atoms with E-state index in [-0.39, 0.29) is 25.3 Å². The summed E-state index contributed by atoms with van der Waals surface area (Å²) in [4.78, 5) is 12.8. The molecule has 1 saturated heterocycles. The quantitative estimate of drug-likeness (QED) is 0.876. The summed E-state index contributed by atoms with van der Waals surface area (Å²) in [7, 11) is -3.70. The van der Waals surface area contributed by atoms with Crippen LogP contribution in [0.5, 0.6) is 5.75 Å². The Bertz CT molecular complexity index is 949. The van der Waals surface area contributed by atoms with Crippen molar-refractivity contribution in [2.24, 2.45) is 5.14 Å². The Kier molecular flexibility index (Phi) is 4.10. The summed E-state index contributed by atoms with van der Waals surface area (Å²) >= 11 is 0. The van der Waals surface area contributed by atoms with Crippen LogP contribution in [0, 0.1) is 0 Å². The summed E-state index contributed by atoms with van der Waals surface area (Å²) in [6.07, 6.45) is 1.17. The summed E-state index contributed by atoms with van der Waals surface area (Å²) in [6, 6.07) is 15.5. The van der Waals surface area contributed by atoms with Crippen LogP contribution in [0.4, 0.5) is 0 Å². The second-order valence-electron chi connectivity index (χ2n) is 6.91. The molecule has 0 atom stereocenters. The van der Waals surface area contributed by atoms with Gasteiger partial charge in [-0.1, -0.05) is 36.4 Å². The molecular formula is C19H20N2O4S. The van der Waals surface area contributed by atoms with Crippen LogP contribution in [0.1, 0.15) is 29.6 Å². The first-order valence-electron chi connectivity index (χ1n) is 8.56. The van der Waals surface area contributed by atoms with Crippen LogP contribution in [0.3, 0.4) is 0 Å². The highest BCUT2D eigenvalue weighted by Crippen LogP contribution is 2.40. The monoisotopic (exact) mass is 372 g/mol. The van der Waals surface area contributed by atoms with Crippen molar-refractivity contribution in [1.29, 1.82) is 0 Å². The van der Waals surface area contributed by atoms with Crippen molar-refractivity contribution in [3.63, 3.8) is 0 Å². The van der Waals surface area contributed by atoms with Crippen molar-refractivity contribution >= 4 is 16.0 Å². The number of nitrogens with zero attached hydrogens (tertiary/aromatic N) is 1. The maximum absolute atomic E-state index is 12.8. The number of Topliss-reactive ketones (excluding diaryl/α,β-unsaturated/α-hetero) is 1. The molecule has 2 aliphatic heterocycles. The molecule has 0 amide bonds. The Labute approximate surface area is 152 Å². The minimum Gasteiger partial charge on any atom is -0.486 e. The third-order valence-electron chi connectivity index (χ3n) is 5.19. The van der Waals surface area contributed by atoms with Gasteiger partial charge in [-0.05, 0) is 23.3 Å². The molecule has 136 valence electrons. The summed E-state index contributed by atoms with van der Waals surface area (Å²) in [5, 5.41) is 5.19. The van der Waals surface area contributed by atoms with Gasteiger partial charge >= 0.3 is 0 Å². The lowest BCUT2D eigenvalue weighted by Crippen LogP contribution is -2.53. The van der Waals surface area contributed by atoms with Gasteiger partial charge in [0.2, 0.25) is 0 Å². The van der Waals surface area contributed by atoms with Gasteiger partial charge in [0.05, 0.1) is 12.0 Å². The molecule has 1 spiro atoms. The van der Waals surface area contributed by atoms with Gasteiger partial charge in [0.1, 0.15) is 11.4 Å². The van der Waals surface area contributed by atoms with Crippen LogP contribution >= 0.6 is 0 Å². The number of hydrogen-bond acceptors (Lipinski definition) is 4. The number of nitrogens with two attached hydrogens (primary N) is 1. The lowest BCUT2D eigenvalue weighted by molar-refractivity contribution is 0.00594. The molecule has 2 N–H and O–H groups in total. The number of fused-ring (bicyclic) bond motifs is 1. The van der Waals surface area contributed by atoms with E-state index in [2.05, 4.69) is 0 Å². The number of rotatable bonds is 2. The molecule has 2 heterocycles. The molecule has 2 aromatic rings. The van der Waals surface area contributed by atoms with Crippen molar-refractivity contribution in [3.8, 4) is 16.9 Å². The van der Waals surface area contributed by atoms with Gasteiger partial charge in [-0.3, -0.25) is 4.79 Å². The maximum Gasteiger partial charge on any atom is 0.276 e. The number of carbonyl (C=O) groups excluding carboxylic acids is 1. The average Bonchev–Trinajstić information content (AvgIpc) is 2.62. The van der Waals surface area contributed by atoms with Crippen molar-refractivity contribution in [3.05, 3.63) is 54.1 Å². The molecular weight excluding hydrogens is 352 g/mol. The number of hydrogen-bond donors (Lipinski definition) is 1. The molecule has 0 aromatic heterocycles. The van der Waals surface area contributed by atoms with E-state index < -0.39 is 15.8 Å². The Morgan fingerprint density at radius 1 is 1.00 bits per heavy atom. The third-order valence-corrected chi connectivity index (χ3v) is 6.27. The number of piperidine rings is 1. The van der Waals surface area contributed by atoms with E-state index in [1.54, 1.807) is 0 Å². The largest absolute Gasteiger partial charge is 0.486 e. The molecule has 6 nitrogen and oxygen atoms in total. The Morgan fingerprint density at radius 3 is 2.35 bits per heavy atom. The van der Waals surface area contributed by atoms with E-state index in [1.807, 2.05) is 48.5 Å². The lowest BCUT2D eigenvalue weighted by Gasteiger charge is -2.43. The van der Waals surface area contributed by atoms with Crippen molar-refractivity contribution in [2.45, 2.75) is 24.9 Å². The second kappa shape index (κ2) is 6.19. The van der Waals surface area contributed by atoms with Crippen LogP contribution in [-0.4, -0.2) is 37.2 Å². The molecule has 2 aromatic carbocycles. The van der Waals surface area contributed by atoms with E-state index in [4.69, 9.17) is 9.88 Å². The normalized spacial score (nSPS) is 19.8. The van der Waals surface area contributed by atoms with Gasteiger partial charge < -0.3 is 4.74 Å². The van der Waals surface area contributed by atoms with Gasteiger partial charge in [-0.15, -0.1) is 0 Å². The minimum absolute atomic E-state index is 0.0353. The molecule has 0 aliphatic carbocycles. The van der Waals surface area contributed by atoms with E-state index in [1.165, 1.54) is 4.31 Å². The predicted molar refractivity (Wildman–Crippen MR) is 98.1 cm³/mol. The number of ketones is 1. The Balaban J connectivity index is 1.59. The second-order valence-corrected chi connectivity index (χ2v) is 8.45. The first kappa shape index (κ1) is 17.2. The van der Waals surface area contributed by atoms with Gasteiger partial charge in [0, 0.05) is 25.9 Å². The lowest BCUT2D eigenvalue weighted by atomic mass is 9.82. The van der Waals surface area contributed by atoms with Gasteiger partial charge in [-0.25, -0.2) is 5.14 Å². The number of ether oxygens (including phenoxy) is 1. The van der Waals surface area contributed by atoms with E-state index in [9.17, 15) is 13.2 Å². The van der Waals surface area contributed by atoms with Crippen LogP contribution in [-0.2, 0) is 10.2 Å². The average molecular weight is 372 g/mol. The highest BCUT2D eigenvalue weighted by atomic mass is 32.2. The zero-order valence-corrected chi connectivity index (χ0v) is 15.0. The van der Waals surface area contributed by atoms with Crippen LogP contribution in [0.15, 0.2) is 48.5 Å². The number of benzene rings is 2. The Morgan fingerprint density at radius 2 is 1.69 bits per heavy atom. The SMILES string of the molecule is NS(=O)(=O)N1CCC2(CC1)CC(=O)c1cc(-c3ccccc3)ccc1O2. The molecule has 2 aliphatic rings. The van der Waals surface area contributed by atoms with Crippen molar-refractivity contribution in [1.82, 2.24) is 4.31 Å². The maximum atomic E-state index is 12.8. The zero-order chi connectivity index (χ0) is 18.4. The molecule has 7 heteroatoms. The van der Waals surface area contributed by atoms with Gasteiger partial charge in [0.15, 0.2) is 5.78 Å². The van der Waals surface area contributed by atoms with Crippen molar-refractivity contribution in [2.75, 3.05) is 13.1 Å². The molecule has 0 saturated carbocycles. The van der Waals surface area contributed by atoms with E-state index >= 15 is 0 Å². The van der Waals surface area contributed by atoms with E-state index in [0.29, 0.717) is 24.2 Å².